The Morgan fingerprint density at radius 1 is 1.19 bits per heavy atom. The summed E-state index contributed by atoms with van der Waals surface area (Å²) in [7, 11) is 3.05. The fourth-order valence-electron chi connectivity index (χ4n) is 2.59. The molecule has 7 nitrogen and oxygen atoms in total. The van der Waals surface area contributed by atoms with Crippen LogP contribution in [0.4, 0.5) is 5.69 Å². The first-order chi connectivity index (χ1) is 12.5. The second-order valence-electron chi connectivity index (χ2n) is 5.50. The van der Waals surface area contributed by atoms with Crippen molar-refractivity contribution in [1.29, 1.82) is 0 Å². The Bertz CT molecular complexity index is 1010. The lowest BCUT2D eigenvalue weighted by molar-refractivity contribution is -0.116. The SMILES string of the molecule is COc1ccc(OC)c(NC(=O)CCn2c(=O)oc3cc(Cl)ccc32)c1. The molecule has 0 fully saturated rings. The second kappa shape index (κ2) is 7.53. The average Bonchev–Trinajstić information content (AvgIpc) is 2.94. The quantitative estimate of drug-likeness (QED) is 0.713. The Balaban J connectivity index is 1.74. The third-order valence-corrected chi connectivity index (χ3v) is 4.11. The summed E-state index contributed by atoms with van der Waals surface area (Å²) in [4.78, 5) is 24.3. The molecule has 0 aliphatic heterocycles. The number of anilines is 1. The second-order valence-corrected chi connectivity index (χ2v) is 5.93. The molecule has 2 aromatic carbocycles. The van der Waals surface area contributed by atoms with Crippen molar-refractivity contribution >= 4 is 34.3 Å². The summed E-state index contributed by atoms with van der Waals surface area (Å²) < 4.78 is 16.9. The zero-order valence-corrected chi connectivity index (χ0v) is 15.0. The molecule has 0 bridgehead atoms. The maximum Gasteiger partial charge on any atom is 0.419 e. The number of hydrogen-bond donors (Lipinski definition) is 1. The lowest BCUT2D eigenvalue weighted by atomic mass is 10.2. The Labute approximate surface area is 154 Å². The molecule has 1 N–H and O–H groups in total. The van der Waals surface area contributed by atoms with Crippen LogP contribution >= 0.6 is 11.6 Å². The molecule has 8 heteroatoms. The maximum absolute atomic E-state index is 12.3. The van der Waals surface area contributed by atoms with E-state index in [-0.39, 0.29) is 18.9 Å². The number of aryl methyl sites for hydroxylation is 1. The Morgan fingerprint density at radius 3 is 2.73 bits per heavy atom. The van der Waals surface area contributed by atoms with Crippen LogP contribution in [0.5, 0.6) is 11.5 Å². The van der Waals surface area contributed by atoms with Crippen molar-refractivity contribution in [2.45, 2.75) is 13.0 Å². The van der Waals surface area contributed by atoms with E-state index in [1.807, 2.05) is 0 Å². The van der Waals surface area contributed by atoms with E-state index in [9.17, 15) is 9.59 Å². The minimum Gasteiger partial charge on any atom is -0.497 e. The number of oxazole rings is 1. The molecule has 3 aromatic rings. The number of nitrogens with zero attached hydrogens (tertiary/aromatic N) is 1. The van der Waals surface area contributed by atoms with Crippen LogP contribution in [0.15, 0.2) is 45.6 Å². The van der Waals surface area contributed by atoms with E-state index in [4.69, 9.17) is 25.5 Å². The van der Waals surface area contributed by atoms with Gasteiger partial charge >= 0.3 is 5.76 Å². The van der Waals surface area contributed by atoms with Crippen molar-refractivity contribution in [2.24, 2.45) is 0 Å². The van der Waals surface area contributed by atoms with Gasteiger partial charge in [-0.1, -0.05) is 11.6 Å². The number of amides is 1. The van der Waals surface area contributed by atoms with Gasteiger partial charge in [-0.2, -0.15) is 0 Å². The summed E-state index contributed by atoms with van der Waals surface area (Å²) in [5, 5.41) is 3.24. The number of rotatable bonds is 6. The molecule has 26 heavy (non-hydrogen) atoms. The van der Waals surface area contributed by atoms with Gasteiger partial charge < -0.3 is 19.2 Å². The van der Waals surface area contributed by atoms with Crippen LogP contribution in [0.2, 0.25) is 5.02 Å². The number of methoxy groups -OCH3 is 2. The number of fused-ring (bicyclic) bond motifs is 1. The zero-order valence-electron chi connectivity index (χ0n) is 14.2. The standard InChI is InChI=1S/C18H17ClN2O5/c1-24-12-4-6-15(25-2)13(10-12)20-17(22)7-8-21-14-5-3-11(19)9-16(14)26-18(21)23/h3-6,9-10H,7-8H2,1-2H3,(H,20,22). The van der Waals surface area contributed by atoms with Gasteiger partial charge in [0.25, 0.3) is 0 Å². The fraction of sp³-hybridized carbons (Fsp3) is 0.222. The summed E-state index contributed by atoms with van der Waals surface area (Å²) in [6.45, 7) is 0.172. The van der Waals surface area contributed by atoms with Gasteiger partial charge in [-0.3, -0.25) is 9.36 Å². The number of nitrogens with one attached hydrogen (secondary N) is 1. The van der Waals surface area contributed by atoms with Gasteiger partial charge in [-0.25, -0.2) is 4.79 Å². The molecule has 0 aliphatic carbocycles. The third-order valence-electron chi connectivity index (χ3n) is 3.87. The van der Waals surface area contributed by atoms with Gasteiger partial charge in [-0.15, -0.1) is 0 Å². The largest absolute Gasteiger partial charge is 0.497 e. The highest BCUT2D eigenvalue weighted by Gasteiger charge is 2.13. The lowest BCUT2D eigenvalue weighted by Crippen LogP contribution is -2.20. The molecule has 1 amide bonds. The summed E-state index contributed by atoms with van der Waals surface area (Å²) in [6.07, 6.45) is 0.0809. The highest BCUT2D eigenvalue weighted by atomic mass is 35.5. The highest BCUT2D eigenvalue weighted by molar-refractivity contribution is 6.31. The van der Waals surface area contributed by atoms with Crippen molar-refractivity contribution < 1.29 is 18.7 Å². The van der Waals surface area contributed by atoms with E-state index in [0.29, 0.717) is 33.3 Å². The zero-order chi connectivity index (χ0) is 18.7. The van der Waals surface area contributed by atoms with Crippen molar-refractivity contribution in [3.8, 4) is 11.5 Å². The van der Waals surface area contributed by atoms with Crippen molar-refractivity contribution in [3.63, 3.8) is 0 Å². The van der Waals surface area contributed by atoms with Crippen LogP contribution in [-0.4, -0.2) is 24.7 Å². The maximum atomic E-state index is 12.3. The Hall–Kier alpha value is -2.93. The molecule has 3 rings (SSSR count). The number of halogens is 1. The van der Waals surface area contributed by atoms with Crippen LogP contribution in [0, 0.1) is 0 Å². The van der Waals surface area contributed by atoms with Gasteiger partial charge in [0.15, 0.2) is 5.58 Å². The Kier molecular flexibility index (Phi) is 5.18. The third kappa shape index (κ3) is 3.67. The smallest absolute Gasteiger partial charge is 0.419 e. The predicted molar refractivity (Wildman–Crippen MR) is 98.3 cm³/mol. The first-order valence-electron chi connectivity index (χ1n) is 7.82. The number of ether oxygens (including phenoxy) is 2. The average molecular weight is 377 g/mol. The topological polar surface area (TPSA) is 82.7 Å². The molecule has 0 saturated carbocycles. The van der Waals surface area contributed by atoms with E-state index in [2.05, 4.69) is 5.32 Å². The van der Waals surface area contributed by atoms with Crippen molar-refractivity contribution in [3.05, 3.63) is 52.0 Å². The minimum atomic E-state index is -0.533. The molecule has 0 saturated heterocycles. The molecule has 0 radical (unpaired) electrons. The first kappa shape index (κ1) is 17.9. The first-order valence-corrected chi connectivity index (χ1v) is 8.20. The predicted octanol–water partition coefficient (Wildman–Crippen LogP) is 3.29. The number of aromatic nitrogens is 1. The molecule has 0 spiro atoms. The monoisotopic (exact) mass is 376 g/mol. The van der Waals surface area contributed by atoms with Gasteiger partial charge in [0.05, 0.1) is 25.4 Å². The van der Waals surface area contributed by atoms with Gasteiger partial charge in [0.2, 0.25) is 5.91 Å². The summed E-state index contributed by atoms with van der Waals surface area (Å²) >= 11 is 5.89. The highest BCUT2D eigenvalue weighted by Crippen LogP contribution is 2.29. The molecule has 136 valence electrons. The van der Waals surface area contributed by atoms with Crippen molar-refractivity contribution in [2.75, 3.05) is 19.5 Å². The van der Waals surface area contributed by atoms with Crippen molar-refractivity contribution in [1.82, 2.24) is 4.57 Å². The number of carbonyl (C=O) groups excluding carboxylic acids is 1. The number of hydrogen-bond acceptors (Lipinski definition) is 5. The Morgan fingerprint density at radius 2 is 2.00 bits per heavy atom. The van der Waals surface area contributed by atoms with E-state index >= 15 is 0 Å². The molecule has 1 heterocycles. The van der Waals surface area contributed by atoms with Crippen LogP contribution in [0.1, 0.15) is 6.42 Å². The van der Waals surface area contributed by atoms with E-state index in [1.165, 1.54) is 18.8 Å². The normalized spacial score (nSPS) is 10.7. The van der Waals surface area contributed by atoms with Crippen LogP contribution in [0.3, 0.4) is 0 Å². The number of benzene rings is 2. The molecule has 0 unspecified atom stereocenters. The molecular weight excluding hydrogens is 360 g/mol. The molecule has 0 aliphatic rings. The van der Waals surface area contributed by atoms with Crippen LogP contribution < -0.4 is 20.5 Å². The molecule has 0 atom stereocenters. The van der Waals surface area contributed by atoms with E-state index in [0.717, 1.165) is 0 Å². The molecular formula is C18H17ClN2O5. The van der Waals surface area contributed by atoms with Gasteiger partial charge in [0.1, 0.15) is 11.5 Å². The lowest BCUT2D eigenvalue weighted by Gasteiger charge is -2.11. The fourth-order valence-corrected chi connectivity index (χ4v) is 2.75. The number of carbonyl (C=O) groups is 1. The van der Waals surface area contributed by atoms with Crippen LogP contribution in [-0.2, 0) is 11.3 Å². The van der Waals surface area contributed by atoms with E-state index < -0.39 is 5.76 Å². The summed E-state index contributed by atoms with van der Waals surface area (Å²) in [5.41, 5.74) is 1.47. The van der Waals surface area contributed by atoms with Crippen LogP contribution in [0.25, 0.3) is 11.1 Å². The molecule has 1 aromatic heterocycles. The summed E-state index contributed by atoms with van der Waals surface area (Å²) in [5.74, 6) is 0.301. The minimum absolute atomic E-state index is 0.0809. The van der Waals surface area contributed by atoms with Gasteiger partial charge in [0, 0.05) is 30.1 Å². The van der Waals surface area contributed by atoms with Gasteiger partial charge in [-0.05, 0) is 24.3 Å². The summed E-state index contributed by atoms with van der Waals surface area (Å²) in [6, 6.07) is 10.0. The van der Waals surface area contributed by atoms with E-state index in [1.54, 1.807) is 36.4 Å².